The first-order valence-electron chi connectivity index (χ1n) is 9.10. The predicted octanol–water partition coefficient (Wildman–Crippen LogP) is 3.08. The van der Waals surface area contributed by atoms with Gasteiger partial charge in [0.15, 0.2) is 0 Å². The van der Waals surface area contributed by atoms with Crippen LogP contribution in [0.1, 0.15) is 11.8 Å². The molecule has 1 aromatic heterocycles. The van der Waals surface area contributed by atoms with Gasteiger partial charge in [-0.1, -0.05) is 0 Å². The molecule has 0 radical (unpaired) electrons. The van der Waals surface area contributed by atoms with Crippen LogP contribution in [0.25, 0.3) is 0 Å². The summed E-state index contributed by atoms with van der Waals surface area (Å²) in [6.07, 6.45) is 0. The Morgan fingerprint density at radius 1 is 1.11 bits per heavy atom. The summed E-state index contributed by atoms with van der Waals surface area (Å²) in [5.41, 5.74) is 0. The van der Waals surface area contributed by atoms with E-state index in [0.29, 0.717) is 42.7 Å². The van der Waals surface area contributed by atoms with E-state index in [1.807, 2.05) is 44.2 Å². The molecular formula is C19H24N2O4S3. The van der Waals surface area contributed by atoms with Gasteiger partial charge in [-0.15, -0.1) is 23.1 Å². The number of benzene rings is 1. The smallest absolute Gasteiger partial charge is 0.252 e. The van der Waals surface area contributed by atoms with Crippen molar-refractivity contribution >= 4 is 39.0 Å². The third-order valence-corrected chi connectivity index (χ3v) is 8.76. The van der Waals surface area contributed by atoms with E-state index < -0.39 is 10.0 Å². The molecule has 1 aliphatic heterocycles. The zero-order valence-electron chi connectivity index (χ0n) is 16.0. The molecule has 0 spiro atoms. The van der Waals surface area contributed by atoms with Crippen LogP contribution in [-0.4, -0.2) is 62.1 Å². The topological polar surface area (TPSA) is 66.9 Å². The second-order valence-electron chi connectivity index (χ2n) is 6.34. The van der Waals surface area contributed by atoms with E-state index >= 15 is 0 Å². The molecule has 6 nitrogen and oxygen atoms in total. The molecule has 1 saturated heterocycles. The SMILES string of the molecule is CCOc1ccc(SCC(=O)N2CCN(S(=O)(=O)c3ccc(C)s3)CC2)cc1. The van der Waals surface area contributed by atoms with E-state index in [1.165, 1.54) is 27.4 Å². The first-order valence-corrected chi connectivity index (χ1v) is 12.3. The largest absolute Gasteiger partial charge is 0.494 e. The molecular weight excluding hydrogens is 416 g/mol. The molecule has 0 atom stereocenters. The molecule has 2 heterocycles. The maximum atomic E-state index is 12.7. The molecule has 1 fully saturated rings. The van der Waals surface area contributed by atoms with E-state index in [1.54, 1.807) is 11.0 Å². The van der Waals surface area contributed by atoms with Gasteiger partial charge in [-0.05, 0) is 50.2 Å². The Hall–Kier alpha value is -1.55. The van der Waals surface area contributed by atoms with Crippen molar-refractivity contribution in [3.63, 3.8) is 0 Å². The molecule has 9 heteroatoms. The number of nitrogens with zero attached hydrogens (tertiary/aromatic N) is 2. The molecule has 0 N–H and O–H groups in total. The number of piperazine rings is 1. The van der Waals surface area contributed by atoms with Crippen LogP contribution < -0.4 is 4.74 Å². The molecule has 0 saturated carbocycles. The highest BCUT2D eigenvalue weighted by molar-refractivity contribution is 8.00. The van der Waals surface area contributed by atoms with Gasteiger partial charge < -0.3 is 9.64 Å². The number of hydrogen-bond donors (Lipinski definition) is 0. The van der Waals surface area contributed by atoms with Crippen molar-refractivity contribution in [3.8, 4) is 5.75 Å². The minimum absolute atomic E-state index is 0.0305. The summed E-state index contributed by atoms with van der Waals surface area (Å²) in [5, 5.41) is 0. The fraction of sp³-hybridized carbons (Fsp3) is 0.421. The normalized spacial score (nSPS) is 15.6. The monoisotopic (exact) mass is 440 g/mol. The average Bonchev–Trinajstić information content (AvgIpc) is 3.15. The van der Waals surface area contributed by atoms with Crippen LogP contribution in [0, 0.1) is 6.92 Å². The summed E-state index contributed by atoms with van der Waals surface area (Å²) < 4.78 is 32.6. The highest BCUT2D eigenvalue weighted by Crippen LogP contribution is 2.26. The fourth-order valence-corrected chi connectivity index (χ4v) is 6.55. The van der Waals surface area contributed by atoms with Gasteiger partial charge in [0.25, 0.3) is 10.0 Å². The fourth-order valence-electron chi connectivity index (χ4n) is 2.89. The van der Waals surface area contributed by atoms with Gasteiger partial charge in [-0.25, -0.2) is 8.42 Å². The van der Waals surface area contributed by atoms with E-state index in [-0.39, 0.29) is 5.91 Å². The lowest BCUT2D eigenvalue weighted by molar-refractivity contribution is -0.129. The second kappa shape index (κ2) is 9.30. The number of thioether (sulfide) groups is 1. The van der Waals surface area contributed by atoms with Crippen LogP contribution in [0.4, 0.5) is 0 Å². The third kappa shape index (κ3) is 5.08. The summed E-state index contributed by atoms with van der Waals surface area (Å²) in [6, 6.07) is 11.1. The maximum absolute atomic E-state index is 12.7. The van der Waals surface area contributed by atoms with Gasteiger partial charge in [0.2, 0.25) is 5.91 Å². The molecule has 1 aliphatic rings. The first-order chi connectivity index (χ1) is 13.4. The standard InChI is InChI=1S/C19H24N2O4S3/c1-3-25-16-5-7-17(8-6-16)26-14-18(22)20-10-12-21(13-11-20)28(23,24)19-9-4-15(2)27-19/h4-9H,3,10-14H2,1-2H3. The zero-order valence-corrected chi connectivity index (χ0v) is 18.4. The zero-order chi connectivity index (χ0) is 20.1. The van der Waals surface area contributed by atoms with Gasteiger partial charge >= 0.3 is 0 Å². The summed E-state index contributed by atoms with van der Waals surface area (Å²) in [6.45, 7) is 5.96. The molecule has 0 aliphatic carbocycles. The Morgan fingerprint density at radius 2 is 1.79 bits per heavy atom. The molecule has 0 unspecified atom stereocenters. The van der Waals surface area contributed by atoms with Gasteiger partial charge in [0, 0.05) is 36.0 Å². The lowest BCUT2D eigenvalue weighted by Gasteiger charge is -2.33. The average molecular weight is 441 g/mol. The van der Waals surface area contributed by atoms with Crippen LogP contribution in [0.2, 0.25) is 0 Å². The molecule has 0 bridgehead atoms. The molecule has 152 valence electrons. The third-order valence-electron chi connectivity index (χ3n) is 4.40. The van der Waals surface area contributed by atoms with Crippen molar-refractivity contribution in [1.29, 1.82) is 0 Å². The van der Waals surface area contributed by atoms with E-state index in [2.05, 4.69) is 0 Å². The number of amides is 1. The Labute approximate surface area is 174 Å². The maximum Gasteiger partial charge on any atom is 0.252 e. The van der Waals surface area contributed by atoms with Gasteiger partial charge in [-0.2, -0.15) is 4.31 Å². The number of ether oxygens (including phenoxy) is 1. The summed E-state index contributed by atoms with van der Waals surface area (Å²) in [4.78, 5) is 16.2. The lowest BCUT2D eigenvalue weighted by atomic mass is 10.3. The molecule has 1 aromatic carbocycles. The van der Waals surface area contributed by atoms with Gasteiger partial charge in [0.05, 0.1) is 12.4 Å². The quantitative estimate of drug-likeness (QED) is 0.619. The predicted molar refractivity (Wildman–Crippen MR) is 113 cm³/mol. The lowest BCUT2D eigenvalue weighted by Crippen LogP contribution is -2.50. The van der Waals surface area contributed by atoms with E-state index in [0.717, 1.165) is 15.5 Å². The Balaban J connectivity index is 1.49. The van der Waals surface area contributed by atoms with Crippen molar-refractivity contribution in [3.05, 3.63) is 41.3 Å². The Bertz CT molecular complexity index is 902. The van der Waals surface area contributed by atoms with Crippen molar-refractivity contribution in [2.24, 2.45) is 0 Å². The highest BCUT2D eigenvalue weighted by Gasteiger charge is 2.30. The molecule has 1 amide bonds. The van der Waals surface area contributed by atoms with Gasteiger partial charge in [-0.3, -0.25) is 4.79 Å². The van der Waals surface area contributed by atoms with Crippen molar-refractivity contribution in [1.82, 2.24) is 9.21 Å². The number of aryl methyl sites for hydroxylation is 1. The second-order valence-corrected chi connectivity index (χ2v) is 10.8. The van der Waals surface area contributed by atoms with Crippen LogP contribution >= 0.6 is 23.1 Å². The summed E-state index contributed by atoms with van der Waals surface area (Å²) >= 11 is 2.76. The number of carbonyl (C=O) groups excluding carboxylic acids is 1. The summed E-state index contributed by atoms with van der Waals surface area (Å²) in [7, 11) is -3.46. The first kappa shape index (κ1) is 21.2. The van der Waals surface area contributed by atoms with E-state index in [9.17, 15) is 13.2 Å². The van der Waals surface area contributed by atoms with Crippen LogP contribution in [0.3, 0.4) is 0 Å². The van der Waals surface area contributed by atoms with E-state index in [4.69, 9.17) is 4.74 Å². The number of hydrogen-bond acceptors (Lipinski definition) is 6. The number of sulfonamides is 1. The number of carbonyl (C=O) groups is 1. The van der Waals surface area contributed by atoms with Crippen molar-refractivity contribution in [2.45, 2.75) is 23.0 Å². The van der Waals surface area contributed by atoms with Crippen molar-refractivity contribution in [2.75, 3.05) is 38.5 Å². The number of thiophene rings is 1. The van der Waals surface area contributed by atoms with Crippen LogP contribution in [0.15, 0.2) is 45.5 Å². The minimum Gasteiger partial charge on any atom is -0.494 e. The molecule has 28 heavy (non-hydrogen) atoms. The molecule has 2 aromatic rings. The van der Waals surface area contributed by atoms with Gasteiger partial charge in [0.1, 0.15) is 9.96 Å². The Morgan fingerprint density at radius 3 is 2.36 bits per heavy atom. The highest BCUT2D eigenvalue weighted by atomic mass is 32.2. The molecule has 3 rings (SSSR count). The van der Waals surface area contributed by atoms with Crippen LogP contribution in [-0.2, 0) is 14.8 Å². The number of rotatable bonds is 7. The van der Waals surface area contributed by atoms with Crippen molar-refractivity contribution < 1.29 is 17.9 Å². The summed E-state index contributed by atoms with van der Waals surface area (Å²) in [5.74, 6) is 1.18. The Kier molecular flexibility index (Phi) is 7.03. The minimum atomic E-state index is -3.46. The van der Waals surface area contributed by atoms with Crippen LogP contribution in [0.5, 0.6) is 5.75 Å².